The summed E-state index contributed by atoms with van der Waals surface area (Å²) in [6.07, 6.45) is 9.16. The van der Waals surface area contributed by atoms with Gasteiger partial charge in [0.05, 0.1) is 0 Å². The highest BCUT2D eigenvalue weighted by Gasteiger charge is 2.59. The van der Waals surface area contributed by atoms with E-state index in [1.807, 2.05) is 12.1 Å². The van der Waals surface area contributed by atoms with Crippen molar-refractivity contribution >= 4 is 29.7 Å². The van der Waals surface area contributed by atoms with Crippen LogP contribution in [-0.4, -0.2) is 63.2 Å². The van der Waals surface area contributed by atoms with Crippen LogP contribution in [0.25, 0.3) is 0 Å². The zero-order valence-electron chi connectivity index (χ0n) is 24.2. The van der Waals surface area contributed by atoms with Crippen LogP contribution in [0, 0.1) is 5.92 Å². The Kier molecular flexibility index (Phi) is 15.0. The predicted molar refractivity (Wildman–Crippen MR) is 155 cm³/mol. The van der Waals surface area contributed by atoms with E-state index in [0.29, 0.717) is 38.6 Å². The molecule has 0 aliphatic heterocycles. The number of rotatable bonds is 23. The lowest BCUT2D eigenvalue weighted by Gasteiger charge is -2.14. The van der Waals surface area contributed by atoms with Gasteiger partial charge in [0.2, 0.25) is 11.8 Å². The van der Waals surface area contributed by atoms with Crippen LogP contribution >= 0.6 is 0 Å². The Bertz CT molecular complexity index is 1050. The summed E-state index contributed by atoms with van der Waals surface area (Å²) in [6.45, 7) is 0.350. The van der Waals surface area contributed by atoms with Crippen LogP contribution in [-0.2, 0) is 36.8 Å². The molecule has 234 valence electrons. The van der Waals surface area contributed by atoms with Gasteiger partial charge in [0.25, 0.3) is 0 Å². The fourth-order valence-electron chi connectivity index (χ4n) is 5.09. The lowest BCUT2D eigenvalue weighted by molar-refractivity contribution is -0.142. The number of hydrogen-bond acceptors (Lipinski definition) is 7. The molecule has 2 rings (SSSR count). The number of amides is 2. The molecule has 2 amide bonds. The summed E-state index contributed by atoms with van der Waals surface area (Å²) in [4.78, 5) is 57.8. The maximum atomic E-state index is 12.2. The second kappa shape index (κ2) is 18.1. The second-order valence-corrected chi connectivity index (χ2v) is 11.1. The number of aliphatic carboxylic acids is 3. The van der Waals surface area contributed by atoms with Crippen molar-refractivity contribution in [3.63, 3.8) is 0 Å². The van der Waals surface area contributed by atoms with Crippen molar-refractivity contribution in [2.75, 3.05) is 6.54 Å². The molecule has 1 fully saturated rings. The average molecular weight is 591 g/mol. The van der Waals surface area contributed by atoms with Crippen molar-refractivity contribution in [3.05, 3.63) is 35.4 Å². The van der Waals surface area contributed by atoms with Crippen LogP contribution in [0.4, 0.5) is 0 Å². The number of aryl methyl sites for hydroxylation is 2. The number of carboxylic acids is 3. The minimum absolute atomic E-state index is 0.0141. The number of benzene rings is 1. The molecule has 1 saturated carbocycles. The molecule has 2 unspecified atom stereocenters. The molecule has 1 aliphatic rings. The Balaban J connectivity index is 1.49. The topological polar surface area (TPSA) is 208 Å². The molecule has 1 aromatic rings. The number of hydrogen-bond donors (Lipinski definition) is 7. The largest absolute Gasteiger partial charge is 0.481 e. The van der Waals surface area contributed by atoms with Crippen LogP contribution in [0.5, 0.6) is 0 Å². The van der Waals surface area contributed by atoms with E-state index in [1.165, 1.54) is 5.56 Å². The van der Waals surface area contributed by atoms with Gasteiger partial charge in [-0.05, 0) is 68.4 Å². The van der Waals surface area contributed by atoms with E-state index in [0.717, 1.165) is 44.1 Å². The summed E-state index contributed by atoms with van der Waals surface area (Å²) in [5.74, 6) is 1.64. The van der Waals surface area contributed by atoms with Gasteiger partial charge in [-0.15, -0.1) is 0 Å². The van der Waals surface area contributed by atoms with E-state index in [2.05, 4.69) is 28.2 Å². The van der Waals surface area contributed by atoms with Gasteiger partial charge in [0.1, 0.15) is 11.6 Å². The van der Waals surface area contributed by atoms with Gasteiger partial charge < -0.3 is 26.0 Å². The molecule has 42 heavy (non-hydrogen) atoms. The molecule has 8 N–H and O–H groups in total. The Morgan fingerprint density at radius 3 is 2.00 bits per heavy atom. The summed E-state index contributed by atoms with van der Waals surface area (Å²) in [6, 6.07) is 6.95. The Morgan fingerprint density at radius 2 is 1.43 bits per heavy atom. The van der Waals surface area contributed by atoms with E-state index in [1.54, 1.807) is 0 Å². The van der Waals surface area contributed by atoms with Crippen molar-refractivity contribution in [1.82, 2.24) is 16.1 Å². The van der Waals surface area contributed by atoms with Crippen molar-refractivity contribution in [2.24, 2.45) is 11.8 Å². The fourth-order valence-corrected chi connectivity index (χ4v) is 5.09. The molecule has 0 radical (unpaired) electrons. The van der Waals surface area contributed by atoms with E-state index < -0.39 is 29.5 Å². The maximum Gasteiger partial charge on any atom is 0.326 e. The van der Waals surface area contributed by atoms with E-state index in [9.17, 15) is 34.2 Å². The summed E-state index contributed by atoms with van der Waals surface area (Å²) >= 11 is 0. The second-order valence-electron chi connectivity index (χ2n) is 11.1. The van der Waals surface area contributed by atoms with Gasteiger partial charge in [-0.2, -0.15) is 0 Å². The number of hydrazine groups is 1. The third-order valence-electron chi connectivity index (χ3n) is 7.86. The molecule has 0 heterocycles. The number of carbonyl (C=O) groups excluding carboxylic acids is 2. The normalized spacial score (nSPS) is 18.2. The first-order valence-corrected chi connectivity index (χ1v) is 14.9. The number of carboxylic acid groups (broad SMARTS) is 3. The highest BCUT2D eigenvalue weighted by atomic mass is 16.4. The molecule has 0 bridgehead atoms. The van der Waals surface area contributed by atoms with Gasteiger partial charge in [-0.1, -0.05) is 49.9 Å². The predicted octanol–water partition coefficient (Wildman–Crippen LogP) is 2.53. The highest BCUT2D eigenvalue weighted by molar-refractivity contribution is 5.84. The first-order chi connectivity index (χ1) is 20.1. The van der Waals surface area contributed by atoms with E-state index >= 15 is 0 Å². The lowest BCUT2D eigenvalue weighted by atomic mass is 10.0. The summed E-state index contributed by atoms with van der Waals surface area (Å²) < 4.78 is 0. The minimum Gasteiger partial charge on any atom is -0.481 e. The molecule has 12 nitrogen and oxygen atoms in total. The number of nitrogens with one attached hydrogen (secondary N) is 3. The zero-order valence-corrected chi connectivity index (χ0v) is 24.2. The number of carbonyl (C=O) groups is 5. The standard InChI is InChI=1S/C30H46N4O8/c31-34-30(29(41)42)20-23(30)9-7-19-32-25(35)17-16-24(28(39)40)33-26(36)10-6-4-2-1-3-5-8-21-11-13-22(14-12-21)15-18-27(37)38/h11-14,23-24,34H,1-10,15-20,31H2,(H,32,35)(H,33,36)(H,37,38)(H,39,40)(H,41,42)/t23?,24-,30?/m0/s1. The van der Waals surface area contributed by atoms with Crippen LogP contribution in [0.2, 0.25) is 0 Å². The van der Waals surface area contributed by atoms with Gasteiger partial charge in [0.15, 0.2) is 0 Å². The van der Waals surface area contributed by atoms with Crippen molar-refractivity contribution in [3.8, 4) is 0 Å². The van der Waals surface area contributed by atoms with E-state index in [4.69, 9.17) is 10.9 Å². The zero-order chi connectivity index (χ0) is 31.0. The highest BCUT2D eigenvalue weighted by Crippen LogP contribution is 2.46. The number of nitrogens with two attached hydrogens (primary N) is 1. The smallest absolute Gasteiger partial charge is 0.326 e. The molecular weight excluding hydrogens is 544 g/mol. The molecule has 0 saturated heterocycles. The van der Waals surface area contributed by atoms with Gasteiger partial charge in [0, 0.05) is 25.8 Å². The number of unbranched alkanes of at least 4 members (excludes halogenated alkanes) is 5. The Morgan fingerprint density at radius 1 is 0.810 bits per heavy atom. The Hall–Kier alpha value is -3.51. The summed E-state index contributed by atoms with van der Waals surface area (Å²) in [5, 5.41) is 32.6. The van der Waals surface area contributed by atoms with Gasteiger partial charge in [-0.3, -0.25) is 25.0 Å². The minimum atomic E-state index is -1.18. The monoisotopic (exact) mass is 590 g/mol. The lowest BCUT2D eigenvalue weighted by Crippen LogP contribution is -2.45. The molecule has 3 atom stereocenters. The Labute approximate surface area is 246 Å². The van der Waals surface area contributed by atoms with Gasteiger partial charge >= 0.3 is 17.9 Å². The van der Waals surface area contributed by atoms with Crippen LogP contribution < -0.4 is 21.9 Å². The van der Waals surface area contributed by atoms with Crippen molar-refractivity contribution in [1.29, 1.82) is 0 Å². The molecule has 0 spiro atoms. The van der Waals surface area contributed by atoms with Gasteiger partial charge in [-0.25, -0.2) is 10.2 Å². The summed E-state index contributed by atoms with van der Waals surface area (Å²) in [5.41, 5.74) is 3.55. The molecule has 1 aliphatic carbocycles. The van der Waals surface area contributed by atoms with Crippen LogP contribution in [0.15, 0.2) is 24.3 Å². The third-order valence-corrected chi connectivity index (χ3v) is 7.86. The van der Waals surface area contributed by atoms with Crippen molar-refractivity contribution in [2.45, 2.75) is 108 Å². The van der Waals surface area contributed by atoms with E-state index in [-0.39, 0.29) is 43.4 Å². The fraction of sp³-hybridized carbons (Fsp3) is 0.633. The first kappa shape index (κ1) is 34.7. The molecular formula is C30H46N4O8. The molecule has 0 aromatic heterocycles. The average Bonchev–Trinajstić information content (AvgIpc) is 3.69. The summed E-state index contributed by atoms with van der Waals surface area (Å²) in [7, 11) is 0. The molecule has 1 aromatic carbocycles. The van der Waals surface area contributed by atoms with Crippen LogP contribution in [0.1, 0.15) is 94.6 Å². The van der Waals surface area contributed by atoms with Crippen LogP contribution in [0.3, 0.4) is 0 Å². The SMILES string of the molecule is NNC1(C(=O)O)CC1CCCNC(=O)CC[C@H](NC(=O)CCCCCCCCc1ccc(CCC(=O)O)cc1)C(=O)O. The first-order valence-electron chi connectivity index (χ1n) is 14.9. The van der Waals surface area contributed by atoms with Crippen molar-refractivity contribution < 1.29 is 39.3 Å². The third kappa shape index (κ3) is 12.6. The molecule has 12 heteroatoms. The maximum absolute atomic E-state index is 12.2. The quantitative estimate of drug-likeness (QED) is 0.0563.